The van der Waals surface area contributed by atoms with E-state index in [4.69, 9.17) is 4.74 Å². The van der Waals surface area contributed by atoms with Crippen molar-refractivity contribution in [2.75, 3.05) is 6.61 Å². The Bertz CT molecular complexity index is 1070. The molecule has 0 spiro atoms. The lowest BCUT2D eigenvalue weighted by atomic mass is 9.71. The Labute approximate surface area is 182 Å². The summed E-state index contributed by atoms with van der Waals surface area (Å²) in [6.45, 7) is 4.10. The van der Waals surface area contributed by atoms with E-state index in [1.54, 1.807) is 18.2 Å². The summed E-state index contributed by atoms with van der Waals surface area (Å²) in [7, 11) is 0. The largest absolute Gasteiger partial charge is 0.508 e. The van der Waals surface area contributed by atoms with Gasteiger partial charge in [0.05, 0.1) is 12.2 Å². The lowest BCUT2D eigenvalue weighted by Gasteiger charge is -2.36. The number of carbonyl (C=O) groups excluding carboxylic acids is 2. The number of ketones is 1. The molecule has 2 atom stereocenters. The van der Waals surface area contributed by atoms with Gasteiger partial charge in [0, 0.05) is 29.3 Å². The van der Waals surface area contributed by atoms with E-state index < -0.39 is 11.9 Å². The molecular weight excluding hydrogens is 390 g/mol. The number of rotatable bonds is 5. The van der Waals surface area contributed by atoms with Crippen LogP contribution < -0.4 is 5.32 Å². The van der Waals surface area contributed by atoms with Crippen LogP contribution in [0.4, 0.5) is 0 Å². The Morgan fingerprint density at radius 2 is 1.84 bits per heavy atom. The van der Waals surface area contributed by atoms with Crippen molar-refractivity contribution in [3.05, 3.63) is 88.3 Å². The molecule has 0 amide bonds. The monoisotopic (exact) mass is 417 g/mol. The lowest BCUT2D eigenvalue weighted by molar-refractivity contribution is -0.139. The van der Waals surface area contributed by atoms with Crippen LogP contribution in [0.25, 0.3) is 0 Å². The first-order valence-electron chi connectivity index (χ1n) is 10.7. The summed E-state index contributed by atoms with van der Waals surface area (Å²) in [6.07, 6.45) is 1.79. The standard InChI is InChI=1S/C26H27NO4/c1-3-12-31-26(30)23-16(2)27-21-14-19(17-8-5-4-6-9-17)15-22(29)25(21)24(23)18-10-7-11-20(28)13-18/h4-11,13,19,24,27-28H,3,12,14-15H2,1-2H3/t19-,24+/m1/s1. The Morgan fingerprint density at radius 3 is 2.55 bits per heavy atom. The topological polar surface area (TPSA) is 75.6 Å². The first kappa shape index (κ1) is 20.9. The molecule has 2 aromatic carbocycles. The fourth-order valence-corrected chi connectivity index (χ4v) is 4.58. The molecule has 0 radical (unpaired) electrons. The zero-order valence-corrected chi connectivity index (χ0v) is 17.9. The lowest BCUT2D eigenvalue weighted by Crippen LogP contribution is -2.36. The number of nitrogens with one attached hydrogen (secondary N) is 1. The summed E-state index contributed by atoms with van der Waals surface area (Å²) < 4.78 is 5.46. The highest BCUT2D eigenvalue weighted by atomic mass is 16.5. The molecule has 2 aliphatic rings. The van der Waals surface area contributed by atoms with Gasteiger partial charge in [-0.3, -0.25) is 4.79 Å². The van der Waals surface area contributed by atoms with Crippen molar-refractivity contribution in [1.29, 1.82) is 0 Å². The van der Waals surface area contributed by atoms with Crippen LogP contribution >= 0.6 is 0 Å². The summed E-state index contributed by atoms with van der Waals surface area (Å²) in [5, 5.41) is 13.4. The smallest absolute Gasteiger partial charge is 0.336 e. The highest BCUT2D eigenvalue weighted by Crippen LogP contribution is 2.46. The molecule has 5 heteroatoms. The quantitative estimate of drug-likeness (QED) is 0.690. The van der Waals surface area contributed by atoms with Gasteiger partial charge in [-0.15, -0.1) is 0 Å². The fourth-order valence-electron chi connectivity index (χ4n) is 4.58. The predicted molar refractivity (Wildman–Crippen MR) is 118 cm³/mol. The van der Waals surface area contributed by atoms with Gasteiger partial charge in [0.1, 0.15) is 5.75 Å². The van der Waals surface area contributed by atoms with Crippen LogP contribution in [-0.4, -0.2) is 23.5 Å². The molecule has 5 nitrogen and oxygen atoms in total. The van der Waals surface area contributed by atoms with E-state index in [0.717, 1.165) is 11.3 Å². The number of hydrogen-bond acceptors (Lipinski definition) is 5. The summed E-state index contributed by atoms with van der Waals surface area (Å²) >= 11 is 0. The zero-order valence-electron chi connectivity index (χ0n) is 17.9. The second kappa shape index (κ2) is 8.80. The van der Waals surface area contributed by atoms with E-state index in [9.17, 15) is 14.7 Å². The van der Waals surface area contributed by atoms with Crippen molar-refractivity contribution in [1.82, 2.24) is 5.32 Å². The van der Waals surface area contributed by atoms with Gasteiger partial charge < -0.3 is 15.2 Å². The molecule has 1 aliphatic carbocycles. The maximum Gasteiger partial charge on any atom is 0.336 e. The number of phenolic OH excluding ortho intramolecular Hbond substituents is 1. The molecule has 0 aromatic heterocycles. The molecule has 0 saturated heterocycles. The molecule has 160 valence electrons. The second-order valence-electron chi connectivity index (χ2n) is 8.16. The van der Waals surface area contributed by atoms with Crippen LogP contribution in [0.5, 0.6) is 5.75 Å². The molecule has 31 heavy (non-hydrogen) atoms. The van der Waals surface area contributed by atoms with Gasteiger partial charge >= 0.3 is 5.97 Å². The third-order valence-electron chi connectivity index (χ3n) is 5.96. The number of hydrogen-bond donors (Lipinski definition) is 2. The van der Waals surface area contributed by atoms with Crippen molar-refractivity contribution < 1.29 is 19.4 Å². The molecule has 0 bridgehead atoms. The third-order valence-corrected chi connectivity index (χ3v) is 5.96. The number of ether oxygens (including phenoxy) is 1. The van der Waals surface area contributed by atoms with Crippen LogP contribution in [0.15, 0.2) is 77.1 Å². The average Bonchev–Trinajstić information content (AvgIpc) is 2.77. The van der Waals surface area contributed by atoms with Gasteiger partial charge in [0.15, 0.2) is 5.78 Å². The van der Waals surface area contributed by atoms with Gasteiger partial charge in [-0.1, -0.05) is 49.4 Å². The van der Waals surface area contributed by atoms with E-state index in [-0.39, 0.29) is 17.5 Å². The number of dihydropyridines is 1. The molecule has 0 fully saturated rings. The highest BCUT2D eigenvalue weighted by molar-refractivity contribution is 6.04. The van der Waals surface area contributed by atoms with E-state index in [1.807, 2.05) is 38.1 Å². The van der Waals surface area contributed by atoms with Crippen LogP contribution in [0.3, 0.4) is 0 Å². The number of phenols is 1. The summed E-state index contributed by atoms with van der Waals surface area (Å²) in [4.78, 5) is 26.4. The molecule has 0 saturated carbocycles. The maximum absolute atomic E-state index is 13.4. The van der Waals surface area contributed by atoms with E-state index in [1.165, 1.54) is 0 Å². The van der Waals surface area contributed by atoms with Crippen LogP contribution in [0.2, 0.25) is 0 Å². The molecule has 2 aromatic rings. The normalized spacial score (nSPS) is 20.9. The van der Waals surface area contributed by atoms with Gasteiger partial charge in [-0.05, 0) is 48.9 Å². The molecule has 4 rings (SSSR count). The van der Waals surface area contributed by atoms with Crippen LogP contribution in [0.1, 0.15) is 56.1 Å². The Morgan fingerprint density at radius 1 is 1.10 bits per heavy atom. The van der Waals surface area contributed by atoms with Crippen LogP contribution in [0, 0.1) is 0 Å². The number of allylic oxidation sites excluding steroid dienone is 3. The number of aromatic hydroxyl groups is 1. The Kier molecular flexibility index (Phi) is 5.94. The van der Waals surface area contributed by atoms with Gasteiger partial charge in [-0.25, -0.2) is 4.79 Å². The minimum Gasteiger partial charge on any atom is -0.508 e. The van der Waals surface area contributed by atoms with E-state index in [0.29, 0.717) is 48.3 Å². The van der Waals surface area contributed by atoms with Gasteiger partial charge in [-0.2, -0.15) is 0 Å². The minimum absolute atomic E-state index is 0.0178. The Hall–Kier alpha value is -3.34. The maximum atomic E-state index is 13.4. The van der Waals surface area contributed by atoms with Crippen molar-refractivity contribution >= 4 is 11.8 Å². The van der Waals surface area contributed by atoms with Gasteiger partial charge in [0.2, 0.25) is 0 Å². The molecule has 0 unspecified atom stereocenters. The van der Waals surface area contributed by atoms with E-state index in [2.05, 4.69) is 17.4 Å². The predicted octanol–water partition coefficient (Wildman–Crippen LogP) is 4.71. The summed E-state index contributed by atoms with van der Waals surface area (Å²) in [5.41, 5.74) is 4.42. The first-order chi connectivity index (χ1) is 15.0. The highest BCUT2D eigenvalue weighted by Gasteiger charge is 2.41. The zero-order chi connectivity index (χ0) is 22.0. The number of Topliss-reactive ketones (excluding diaryl/α,β-unsaturated/α-hetero) is 1. The third kappa shape index (κ3) is 4.13. The summed E-state index contributed by atoms with van der Waals surface area (Å²) in [5.74, 6) is -0.778. The average molecular weight is 418 g/mol. The number of esters is 1. The van der Waals surface area contributed by atoms with Crippen molar-refractivity contribution in [2.45, 2.75) is 44.9 Å². The molecular formula is C26H27NO4. The van der Waals surface area contributed by atoms with Crippen molar-refractivity contribution in [2.24, 2.45) is 0 Å². The van der Waals surface area contributed by atoms with E-state index >= 15 is 0 Å². The van der Waals surface area contributed by atoms with Crippen LogP contribution in [-0.2, 0) is 14.3 Å². The second-order valence-corrected chi connectivity index (χ2v) is 8.16. The van der Waals surface area contributed by atoms with Crippen molar-refractivity contribution in [3.8, 4) is 5.75 Å². The fraction of sp³-hybridized carbons (Fsp3) is 0.308. The SMILES string of the molecule is CCCOC(=O)C1=C(C)NC2=C(C(=O)C[C@H](c3ccccc3)C2)[C@H]1c1cccc(O)c1. The molecule has 2 N–H and O–H groups in total. The first-order valence-corrected chi connectivity index (χ1v) is 10.7. The van der Waals surface area contributed by atoms with Crippen molar-refractivity contribution in [3.63, 3.8) is 0 Å². The Balaban J connectivity index is 1.79. The minimum atomic E-state index is -0.558. The number of carbonyl (C=O) groups is 2. The van der Waals surface area contributed by atoms with Gasteiger partial charge in [0.25, 0.3) is 0 Å². The number of benzene rings is 2. The molecule has 1 aliphatic heterocycles. The summed E-state index contributed by atoms with van der Waals surface area (Å²) in [6, 6.07) is 16.8. The molecule has 1 heterocycles.